The van der Waals surface area contributed by atoms with E-state index in [4.69, 9.17) is 13.8 Å². The van der Waals surface area contributed by atoms with Gasteiger partial charge in [-0.2, -0.15) is 13.9 Å². The van der Waals surface area contributed by atoms with Crippen LogP contribution in [0.4, 0.5) is 22.0 Å². The molecule has 1 N–H and O–H groups in total. The molecule has 4 rings (SSSR count). The lowest BCUT2D eigenvalue weighted by atomic mass is 10.1. The molecule has 6 nitrogen and oxygen atoms in total. The Labute approximate surface area is 213 Å². The van der Waals surface area contributed by atoms with Crippen LogP contribution in [0.2, 0.25) is 0 Å². The van der Waals surface area contributed by atoms with Crippen LogP contribution in [0.5, 0.6) is 11.5 Å². The Morgan fingerprint density at radius 2 is 1.37 bits per heavy atom. The molecule has 0 aliphatic carbocycles. The lowest BCUT2D eigenvalue weighted by Crippen LogP contribution is -2.36. The van der Waals surface area contributed by atoms with Crippen LogP contribution >= 0.6 is 7.75 Å². The summed E-state index contributed by atoms with van der Waals surface area (Å²) in [7, 11) is -5.07. The number of esters is 1. The highest BCUT2D eigenvalue weighted by Crippen LogP contribution is 2.49. The molecule has 0 bridgehead atoms. The lowest BCUT2D eigenvalue weighted by molar-refractivity contribution is -0.146. The van der Waals surface area contributed by atoms with Crippen LogP contribution in [0.15, 0.2) is 72.8 Å². The number of benzene rings is 4. The summed E-state index contributed by atoms with van der Waals surface area (Å²) in [6.07, 6.45) is 0. The van der Waals surface area contributed by atoms with E-state index in [1.54, 1.807) is 60.7 Å². The molecule has 0 fully saturated rings. The van der Waals surface area contributed by atoms with Gasteiger partial charge in [0, 0.05) is 5.39 Å². The van der Waals surface area contributed by atoms with Crippen molar-refractivity contribution >= 4 is 24.5 Å². The van der Waals surface area contributed by atoms with Crippen molar-refractivity contribution in [1.29, 1.82) is 0 Å². The zero-order valence-electron chi connectivity index (χ0n) is 19.6. The Bertz CT molecular complexity index is 1500. The topological polar surface area (TPSA) is 73.9 Å². The fraction of sp³-hybridized carbons (Fsp3) is 0.115. The van der Waals surface area contributed by atoms with Crippen LogP contribution in [-0.2, 0) is 20.7 Å². The van der Waals surface area contributed by atoms with Crippen LogP contribution in [0, 0.1) is 29.1 Å². The van der Waals surface area contributed by atoms with Crippen molar-refractivity contribution in [2.75, 3.05) is 0 Å². The summed E-state index contributed by atoms with van der Waals surface area (Å²) in [5.41, 5.74) is 0.640. The molecule has 2 atom stereocenters. The summed E-state index contributed by atoms with van der Waals surface area (Å²) in [5, 5.41) is 3.16. The van der Waals surface area contributed by atoms with Gasteiger partial charge in [0.1, 0.15) is 18.4 Å². The number of ether oxygens (including phenoxy) is 1. The number of nitrogens with one attached hydrogen (secondary N) is 1. The van der Waals surface area contributed by atoms with Gasteiger partial charge in [-0.3, -0.25) is 4.79 Å². The minimum absolute atomic E-state index is 0.118. The average molecular weight is 551 g/mol. The first-order chi connectivity index (χ1) is 18.1. The summed E-state index contributed by atoms with van der Waals surface area (Å²) in [4.78, 5) is 12.6. The van der Waals surface area contributed by atoms with E-state index in [-0.39, 0.29) is 12.4 Å². The molecule has 0 aliphatic heterocycles. The molecule has 0 aromatic heterocycles. The Kier molecular flexibility index (Phi) is 7.99. The van der Waals surface area contributed by atoms with E-state index in [1.165, 1.54) is 19.1 Å². The number of hydrogen-bond donors (Lipinski definition) is 1. The lowest BCUT2D eigenvalue weighted by Gasteiger charge is -2.24. The highest BCUT2D eigenvalue weighted by Gasteiger charge is 2.38. The third-order valence-electron chi connectivity index (χ3n) is 5.28. The Hall–Kier alpha value is -3.95. The fourth-order valence-electron chi connectivity index (χ4n) is 3.40. The van der Waals surface area contributed by atoms with Crippen LogP contribution in [-0.4, -0.2) is 12.0 Å². The van der Waals surface area contributed by atoms with Crippen molar-refractivity contribution in [2.45, 2.75) is 19.6 Å². The molecule has 0 saturated heterocycles. The Balaban J connectivity index is 1.67. The molecule has 0 heterocycles. The van der Waals surface area contributed by atoms with E-state index >= 15 is 0 Å². The number of carbonyl (C=O) groups excluding carboxylic acids is 1. The third-order valence-corrected chi connectivity index (χ3v) is 6.84. The van der Waals surface area contributed by atoms with E-state index in [2.05, 4.69) is 5.09 Å². The largest absolute Gasteiger partial charge is 0.513 e. The van der Waals surface area contributed by atoms with Crippen molar-refractivity contribution in [3.63, 3.8) is 0 Å². The van der Waals surface area contributed by atoms with E-state index < -0.39 is 54.6 Å². The first kappa shape index (κ1) is 27.1. The van der Waals surface area contributed by atoms with E-state index in [9.17, 15) is 31.3 Å². The van der Waals surface area contributed by atoms with Crippen molar-refractivity contribution in [2.24, 2.45) is 0 Å². The minimum Gasteiger partial charge on any atom is -0.460 e. The van der Waals surface area contributed by atoms with E-state index in [0.717, 1.165) is 0 Å². The summed E-state index contributed by atoms with van der Waals surface area (Å²) in [6, 6.07) is 18.2. The van der Waals surface area contributed by atoms with Gasteiger partial charge in [0.05, 0.1) is 0 Å². The molecule has 0 spiro atoms. The Morgan fingerprint density at radius 1 is 0.789 bits per heavy atom. The van der Waals surface area contributed by atoms with Gasteiger partial charge in [0.25, 0.3) is 0 Å². The molecule has 0 aliphatic rings. The molecular formula is C26H19F5NO5P. The fourth-order valence-corrected chi connectivity index (χ4v) is 4.95. The van der Waals surface area contributed by atoms with Crippen molar-refractivity contribution < 1.29 is 45.1 Å². The van der Waals surface area contributed by atoms with Crippen LogP contribution < -0.4 is 14.1 Å². The second kappa shape index (κ2) is 11.2. The van der Waals surface area contributed by atoms with Gasteiger partial charge < -0.3 is 13.8 Å². The summed E-state index contributed by atoms with van der Waals surface area (Å²) in [5.74, 6) is -14.7. The molecule has 4 aromatic rings. The van der Waals surface area contributed by atoms with Gasteiger partial charge in [-0.05, 0) is 23.9 Å². The summed E-state index contributed by atoms with van der Waals surface area (Å²) >= 11 is 0. The monoisotopic (exact) mass is 551 g/mol. The maximum absolute atomic E-state index is 14.4. The van der Waals surface area contributed by atoms with Gasteiger partial charge in [-0.1, -0.05) is 66.7 Å². The molecular weight excluding hydrogens is 532 g/mol. The molecule has 198 valence electrons. The predicted octanol–water partition coefficient (Wildman–Crippen LogP) is 6.82. The number of fused-ring (bicyclic) bond motifs is 1. The smallest absolute Gasteiger partial charge is 0.460 e. The molecule has 4 aromatic carbocycles. The standard InChI is InChI=1S/C26H19F5NO5P/c1-15(26(33)35-14-16-8-3-2-4-9-16)32-38(34,36-19-13-7-11-17-10-5-6-12-18(17)19)37-25-23(30)21(28)20(27)22(29)24(25)31/h2-13,15H,14H2,1H3,(H,32,34)/t15-,38-/m0/s1. The number of halogens is 5. The van der Waals surface area contributed by atoms with Crippen molar-refractivity contribution in [3.8, 4) is 11.5 Å². The third kappa shape index (κ3) is 5.79. The number of rotatable bonds is 9. The summed E-state index contributed by atoms with van der Waals surface area (Å²) in [6.45, 7) is 1.03. The normalized spacial score (nSPS) is 13.5. The SMILES string of the molecule is C[C@H](N[P@@](=O)(Oc1c(F)c(F)c(F)c(F)c1F)Oc1cccc2ccccc12)C(=O)OCc1ccccc1. The molecule has 38 heavy (non-hydrogen) atoms. The predicted molar refractivity (Wildman–Crippen MR) is 128 cm³/mol. The second-order valence-corrected chi connectivity index (χ2v) is 9.62. The van der Waals surface area contributed by atoms with Crippen molar-refractivity contribution in [3.05, 3.63) is 107 Å². The van der Waals surface area contributed by atoms with Crippen LogP contribution in [0.25, 0.3) is 10.8 Å². The highest BCUT2D eigenvalue weighted by atomic mass is 31.2. The molecule has 0 saturated carbocycles. The quantitative estimate of drug-likeness (QED) is 0.0809. The van der Waals surface area contributed by atoms with Gasteiger partial charge in [0.2, 0.25) is 34.8 Å². The van der Waals surface area contributed by atoms with Crippen LogP contribution in [0.3, 0.4) is 0 Å². The zero-order chi connectivity index (χ0) is 27.4. The molecule has 0 unspecified atom stereocenters. The summed E-state index contributed by atoms with van der Waals surface area (Å²) < 4.78 is 99.1. The van der Waals surface area contributed by atoms with Crippen molar-refractivity contribution in [1.82, 2.24) is 5.09 Å². The Morgan fingerprint density at radius 3 is 2.05 bits per heavy atom. The van der Waals surface area contributed by atoms with Gasteiger partial charge >= 0.3 is 13.7 Å². The van der Waals surface area contributed by atoms with Gasteiger partial charge in [0.15, 0.2) is 0 Å². The average Bonchev–Trinajstić information content (AvgIpc) is 2.92. The van der Waals surface area contributed by atoms with Gasteiger partial charge in [-0.25, -0.2) is 17.7 Å². The van der Waals surface area contributed by atoms with Gasteiger partial charge in [-0.15, -0.1) is 0 Å². The second-order valence-electron chi connectivity index (χ2n) is 8.00. The van der Waals surface area contributed by atoms with Crippen LogP contribution in [0.1, 0.15) is 12.5 Å². The molecule has 0 radical (unpaired) electrons. The number of carbonyl (C=O) groups is 1. The van der Waals surface area contributed by atoms with E-state index in [1.807, 2.05) is 0 Å². The maximum atomic E-state index is 14.4. The highest BCUT2D eigenvalue weighted by molar-refractivity contribution is 7.52. The maximum Gasteiger partial charge on any atom is 0.513 e. The molecule has 0 amide bonds. The van der Waals surface area contributed by atoms with E-state index in [0.29, 0.717) is 16.3 Å². The first-order valence-electron chi connectivity index (χ1n) is 11.1. The zero-order valence-corrected chi connectivity index (χ0v) is 20.5. The number of hydrogen-bond acceptors (Lipinski definition) is 5. The minimum atomic E-state index is -5.07. The molecule has 12 heteroatoms. The first-order valence-corrected chi connectivity index (χ1v) is 12.6.